The van der Waals surface area contributed by atoms with E-state index >= 15 is 0 Å². The van der Waals surface area contributed by atoms with Gasteiger partial charge in [-0.05, 0) is 37.1 Å². The summed E-state index contributed by atoms with van der Waals surface area (Å²) in [5.74, 6) is -2.35. The highest BCUT2D eigenvalue weighted by molar-refractivity contribution is 7.16. The number of rotatable bonds is 4. The minimum absolute atomic E-state index is 0.0358. The molecule has 1 aliphatic rings. The van der Waals surface area contributed by atoms with Gasteiger partial charge >= 0.3 is 6.18 Å². The zero-order valence-corrected chi connectivity index (χ0v) is 14.6. The van der Waals surface area contributed by atoms with Crippen molar-refractivity contribution in [2.75, 3.05) is 18.0 Å². The van der Waals surface area contributed by atoms with Crippen LogP contribution in [-0.2, 0) is 0 Å². The number of carbonyl (C=O) groups excluding carboxylic acids is 2. The van der Waals surface area contributed by atoms with Crippen molar-refractivity contribution < 1.29 is 22.8 Å². The number of alkyl halides is 3. The van der Waals surface area contributed by atoms with Crippen LogP contribution in [0.1, 0.15) is 32.2 Å². The van der Waals surface area contributed by atoms with Gasteiger partial charge in [0.25, 0.3) is 11.7 Å². The lowest BCUT2D eigenvalue weighted by Crippen LogP contribution is -2.44. The summed E-state index contributed by atoms with van der Waals surface area (Å²) < 4.78 is 37.3. The Labute approximate surface area is 152 Å². The molecule has 1 saturated heterocycles. The number of thiophene rings is 1. The lowest BCUT2D eigenvalue weighted by atomic mass is 10.0. The van der Waals surface area contributed by atoms with Crippen LogP contribution in [0.3, 0.4) is 0 Å². The first-order chi connectivity index (χ1) is 12.3. The summed E-state index contributed by atoms with van der Waals surface area (Å²) in [6.45, 7) is 1.58. The molecule has 0 saturated carbocycles. The van der Waals surface area contributed by atoms with Crippen molar-refractivity contribution in [2.45, 2.75) is 25.1 Å². The van der Waals surface area contributed by atoms with E-state index in [1.165, 1.54) is 6.07 Å². The Balaban J connectivity index is 1.55. The number of hydrogen-bond acceptors (Lipinski definition) is 4. The quantitative estimate of drug-likeness (QED) is 0.817. The highest BCUT2D eigenvalue weighted by Gasteiger charge is 2.40. The van der Waals surface area contributed by atoms with Crippen LogP contribution in [0.4, 0.5) is 18.9 Å². The fourth-order valence-corrected chi connectivity index (χ4v) is 3.77. The Morgan fingerprint density at radius 1 is 1.00 bits per heavy atom. The molecule has 1 N–H and O–H groups in total. The molecule has 8 heteroatoms. The van der Waals surface area contributed by atoms with Crippen molar-refractivity contribution >= 4 is 28.7 Å². The molecule has 1 aromatic carbocycles. The minimum atomic E-state index is -4.93. The molecule has 0 atom stereocenters. The van der Waals surface area contributed by atoms with Crippen LogP contribution in [0, 0.1) is 0 Å². The molecule has 138 valence electrons. The maximum absolute atomic E-state index is 12.4. The maximum atomic E-state index is 12.4. The van der Waals surface area contributed by atoms with Gasteiger partial charge in [-0.3, -0.25) is 9.59 Å². The largest absolute Gasteiger partial charge is 0.455 e. The molecule has 26 heavy (non-hydrogen) atoms. The van der Waals surface area contributed by atoms with E-state index in [0.717, 1.165) is 37.7 Å². The van der Waals surface area contributed by atoms with Gasteiger partial charge in [-0.15, -0.1) is 11.3 Å². The Kier molecular flexibility index (Phi) is 5.31. The van der Waals surface area contributed by atoms with E-state index < -0.39 is 22.7 Å². The van der Waals surface area contributed by atoms with Gasteiger partial charge in [0.1, 0.15) is 0 Å². The lowest BCUT2D eigenvalue weighted by molar-refractivity contribution is -0.0882. The number of amides is 1. The number of para-hydroxylation sites is 1. The van der Waals surface area contributed by atoms with Gasteiger partial charge < -0.3 is 10.2 Å². The number of anilines is 1. The average molecular weight is 382 g/mol. The molecular formula is C18H17F3N2O2S. The zero-order chi connectivity index (χ0) is 18.7. The predicted molar refractivity (Wildman–Crippen MR) is 93.8 cm³/mol. The fourth-order valence-electron chi connectivity index (χ4n) is 2.90. The summed E-state index contributed by atoms with van der Waals surface area (Å²) in [5.41, 5.74) is 1.13. The van der Waals surface area contributed by atoms with Gasteiger partial charge in [0.2, 0.25) is 0 Å². The lowest BCUT2D eigenvalue weighted by Gasteiger charge is -2.33. The van der Waals surface area contributed by atoms with Gasteiger partial charge in [-0.2, -0.15) is 13.2 Å². The maximum Gasteiger partial charge on any atom is 0.455 e. The molecule has 0 unspecified atom stereocenters. The van der Waals surface area contributed by atoms with Crippen LogP contribution >= 0.6 is 11.3 Å². The Morgan fingerprint density at radius 3 is 2.23 bits per heavy atom. The molecule has 0 aliphatic carbocycles. The Bertz CT molecular complexity index is 781. The number of carbonyl (C=O) groups is 2. The van der Waals surface area contributed by atoms with E-state index in [2.05, 4.69) is 10.2 Å². The first kappa shape index (κ1) is 18.4. The first-order valence-electron chi connectivity index (χ1n) is 8.17. The van der Waals surface area contributed by atoms with Gasteiger partial charge in [0, 0.05) is 24.8 Å². The van der Waals surface area contributed by atoms with Crippen molar-refractivity contribution in [3.8, 4) is 0 Å². The van der Waals surface area contributed by atoms with Crippen LogP contribution < -0.4 is 10.2 Å². The van der Waals surface area contributed by atoms with Crippen LogP contribution in [0.25, 0.3) is 0 Å². The molecule has 1 aromatic heterocycles. The van der Waals surface area contributed by atoms with E-state index in [1.807, 2.05) is 30.3 Å². The second-order valence-corrected chi connectivity index (χ2v) is 7.14. The normalized spacial score (nSPS) is 15.7. The van der Waals surface area contributed by atoms with Crippen LogP contribution in [0.15, 0.2) is 42.5 Å². The summed E-state index contributed by atoms with van der Waals surface area (Å²) in [6, 6.07) is 12.2. The molecule has 0 spiro atoms. The van der Waals surface area contributed by atoms with Crippen molar-refractivity contribution in [2.24, 2.45) is 0 Å². The Morgan fingerprint density at radius 2 is 1.62 bits per heavy atom. The fraction of sp³-hybridized carbons (Fsp3) is 0.333. The van der Waals surface area contributed by atoms with Gasteiger partial charge in [-0.1, -0.05) is 18.2 Å². The standard InChI is InChI=1S/C18H17F3N2O2S/c19-18(20,21)16(24)14-6-7-15(26-14)17(25)22-12-8-10-23(11-9-12)13-4-2-1-3-5-13/h1-7,12H,8-11H2,(H,22,25). The summed E-state index contributed by atoms with van der Waals surface area (Å²) in [6.07, 6.45) is -3.43. The second kappa shape index (κ2) is 7.49. The monoisotopic (exact) mass is 382 g/mol. The van der Waals surface area contributed by atoms with E-state index in [4.69, 9.17) is 0 Å². The number of Topliss-reactive ketones (excluding diaryl/α,β-unsaturated/α-hetero) is 1. The van der Waals surface area contributed by atoms with Crippen molar-refractivity contribution in [1.82, 2.24) is 5.32 Å². The minimum Gasteiger partial charge on any atom is -0.371 e. The van der Waals surface area contributed by atoms with Crippen molar-refractivity contribution in [3.05, 3.63) is 52.2 Å². The number of piperidine rings is 1. The average Bonchev–Trinajstić information content (AvgIpc) is 3.12. The summed E-state index contributed by atoms with van der Waals surface area (Å²) >= 11 is 0.570. The molecular weight excluding hydrogens is 365 g/mol. The van der Waals surface area contributed by atoms with Crippen molar-refractivity contribution in [1.29, 1.82) is 0 Å². The van der Waals surface area contributed by atoms with E-state index in [0.29, 0.717) is 11.3 Å². The summed E-state index contributed by atoms with van der Waals surface area (Å²) in [4.78, 5) is 25.3. The molecule has 1 fully saturated rings. The van der Waals surface area contributed by atoms with Crippen LogP contribution in [0.5, 0.6) is 0 Å². The topological polar surface area (TPSA) is 49.4 Å². The number of nitrogens with zero attached hydrogens (tertiary/aromatic N) is 1. The van der Waals surface area contributed by atoms with Crippen LogP contribution in [-0.4, -0.2) is 37.0 Å². The number of ketones is 1. The van der Waals surface area contributed by atoms with Gasteiger partial charge in [0.05, 0.1) is 9.75 Å². The third-order valence-electron chi connectivity index (χ3n) is 4.26. The number of nitrogens with one attached hydrogen (secondary N) is 1. The SMILES string of the molecule is O=C(NC1CCN(c2ccccc2)CC1)c1ccc(C(=O)C(F)(F)F)s1. The first-order valence-corrected chi connectivity index (χ1v) is 8.98. The highest BCUT2D eigenvalue weighted by Crippen LogP contribution is 2.27. The van der Waals surface area contributed by atoms with Crippen LogP contribution in [0.2, 0.25) is 0 Å². The van der Waals surface area contributed by atoms with Gasteiger partial charge in [0.15, 0.2) is 0 Å². The second-order valence-electron chi connectivity index (χ2n) is 6.06. The molecule has 1 aliphatic heterocycles. The molecule has 2 heterocycles. The number of halogens is 3. The molecule has 3 rings (SSSR count). The Hall–Kier alpha value is -2.35. The number of hydrogen-bond donors (Lipinski definition) is 1. The summed E-state index contributed by atoms with van der Waals surface area (Å²) in [7, 11) is 0. The molecule has 0 bridgehead atoms. The zero-order valence-electron chi connectivity index (χ0n) is 13.8. The predicted octanol–water partition coefficient (Wildman–Crippen LogP) is 3.89. The molecule has 4 nitrogen and oxygen atoms in total. The third kappa shape index (κ3) is 4.24. The smallest absolute Gasteiger partial charge is 0.371 e. The highest BCUT2D eigenvalue weighted by atomic mass is 32.1. The van der Waals surface area contributed by atoms with Crippen molar-refractivity contribution in [3.63, 3.8) is 0 Å². The summed E-state index contributed by atoms with van der Waals surface area (Å²) in [5, 5.41) is 2.85. The molecule has 0 radical (unpaired) electrons. The molecule has 2 aromatic rings. The van der Waals surface area contributed by atoms with E-state index in [9.17, 15) is 22.8 Å². The van der Waals surface area contributed by atoms with Gasteiger partial charge in [-0.25, -0.2) is 0 Å². The number of benzene rings is 1. The molecule has 1 amide bonds. The van der Waals surface area contributed by atoms with E-state index in [1.54, 1.807) is 0 Å². The van der Waals surface area contributed by atoms with E-state index in [-0.39, 0.29) is 10.9 Å². The third-order valence-corrected chi connectivity index (χ3v) is 5.35.